The molecule has 2 aromatic heterocycles. The van der Waals surface area contributed by atoms with Gasteiger partial charge in [0.1, 0.15) is 5.75 Å². The molecule has 2 rings (SSSR count). The first-order valence-corrected chi connectivity index (χ1v) is 5.53. The zero-order valence-electron chi connectivity index (χ0n) is 9.31. The molecule has 2 N–H and O–H groups in total. The highest BCUT2D eigenvalue weighted by atomic mass is 35.5. The van der Waals surface area contributed by atoms with Gasteiger partial charge in [0.2, 0.25) is 0 Å². The third-order valence-electron chi connectivity index (χ3n) is 2.37. The predicted octanol–water partition coefficient (Wildman–Crippen LogP) is 2.76. The molecule has 0 radical (unpaired) electrons. The van der Waals surface area contributed by atoms with Gasteiger partial charge < -0.3 is 10.4 Å². The molecule has 0 aliphatic rings. The summed E-state index contributed by atoms with van der Waals surface area (Å²) in [6.45, 7) is 2.49. The van der Waals surface area contributed by atoms with Crippen LogP contribution in [0, 0.1) is 6.92 Å². The number of aryl methyl sites for hydroxylation is 1. The summed E-state index contributed by atoms with van der Waals surface area (Å²) in [7, 11) is 0. The average Bonchev–Trinajstić information content (AvgIpc) is 2.31. The molecule has 0 aliphatic heterocycles. The summed E-state index contributed by atoms with van der Waals surface area (Å²) in [6, 6.07) is 5.24. The summed E-state index contributed by atoms with van der Waals surface area (Å²) in [6.07, 6.45) is 3.08. The van der Waals surface area contributed by atoms with E-state index in [-0.39, 0.29) is 5.75 Å². The van der Waals surface area contributed by atoms with Gasteiger partial charge in [0.15, 0.2) is 5.15 Å². The Kier molecular flexibility index (Phi) is 3.44. The quantitative estimate of drug-likeness (QED) is 0.822. The van der Waals surface area contributed by atoms with Crippen molar-refractivity contribution in [1.82, 2.24) is 9.97 Å². The van der Waals surface area contributed by atoms with Gasteiger partial charge >= 0.3 is 0 Å². The Hall–Kier alpha value is -1.81. The number of rotatable bonds is 3. The standard InChI is InChI=1S/C12H12ClN3O/c1-8-4-5-14-12(13)11(8)16-6-9-2-3-10(17)7-15-9/h2-5,7,16-17H,6H2,1H3. The van der Waals surface area contributed by atoms with Gasteiger partial charge in [-0.15, -0.1) is 0 Å². The number of hydrogen-bond donors (Lipinski definition) is 2. The lowest BCUT2D eigenvalue weighted by molar-refractivity contribution is 0.472. The number of pyridine rings is 2. The third kappa shape index (κ3) is 2.85. The Labute approximate surface area is 104 Å². The summed E-state index contributed by atoms with van der Waals surface area (Å²) in [5, 5.41) is 12.7. The van der Waals surface area contributed by atoms with E-state index in [0.29, 0.717) is 11.7 Å². The van der Waals surface area contributed by atoms with E-state index in [4.69, 9.17) is 16.7 Å². The number of hydrogen-bond acceptors (Lipinski definition) is 4. The summed E-state index contributed by atoms with van der Waals surface area (Å²) < 4.78 is 0. The van der Waals surface area contributed by atoms with Crippen molar-refractivity contribution in [2.75, 3.05) is 5.32 Å². The van der Waals surface area contributed by atoms with Crippen LogP contribution in [0.5, 0.6) is 5.75 Å². The van der Waals surface area contributed by atoms with E-state index in [1.54, 1.807) is 18.3 Å². The molecule has 0 saturated carbocycles. The van der Waals surface area contributed by atoms with Crippen molar-refractivity contribution in [3.8, 4) is 5.75 Å². The van der Waals surface area contributed by atoms with Crippen LogP contribution in [0.25, 0.3) is 0 Å². The number of anilines is 1. The Balaban J connectivity index is 2.10. The minimum Gasteiger partial charge on any atom is -0.506 e. The van der Waals surface area contributed by atoms with Gasteiger partial charge in [0.05, 0.1) is 24.1 Å². The minimum absolute atomic E-state index is 0.157. The monoisotopic (exact) mass is 249 g/mol. The van der Waals surface area contributed by atoms with Crippen molar-refractivity contribution in [3.63, 3.8) is 0 Å². The van der Waals surface area contributed by atoms with Crippen LogP contribution in [-0.2, 0) is 6.54 Å². The lowest BCUT2D eigenvalue weighted by atomic mass is 10.2. The van der Waals surface area contributed by atoms with Gasteiger partial charge in [0, 0.05) is 6.20 Å². The fourth-order valence-corrected chi connectivity index (χ4v) is 1.71. The molecule has 88 valence electrons. The topological polar surface area (TPSA) is 58.0 Å². The van der Waals surface area contributed by atoms with E-state index in [2.05, 4.69) is 15.3 Å². The second-order valence-corrected chi connectivity index (χ2v) is 4.01. The number of aromatic nitrogens is 2. The largest absolute Gasteiger partial charge is 0.506 e. The maximum Gasteiger partial charge on any atom is 0.152 e. The van der Waals surface area contributed by atoms with Crippen LogP contribution in [-0.4, -0.2) is 15.1 Å². The van der Waals surface area contributed by atoms with Crippen molar-refractivity contribution in [2.45, 2.75) is 13.5 Å². The van der Waals surface area contributed by atoms with E-state index in [1.165, 1.54) is 6.20 Å². The molecule has 0 saturated heterocycles. The number of nitrogens with one attached hydrogen (secondary N) is 1. The Bertz CT molecular complexity index is 493. The summed E-state index contributed by atoms with van der Waals surface area (Å²) in [5.74, 6) is 0.157. The van der Waals surface area contributed by atoms with E-state index in [1.807, 2.05) is 13.0 Å². The molecule has 0 spiro atoms. The van der Waals surface area contributed by atoms with Gasteiger partial charge in [-0.1, -0.05) is 11.6 Å². The highest BCUT2D eigenvalue weighted by molar-refractivity contribution is 6.32. The van der Waals surface area contributed by atoms with Crippen molar-refractivity contribution in [3.05, 3.63) is 47.0 Å². The predicted molar refractivity (Wildman–Crippen MR) is 67.2 cm³/mol. The van der Waals surface area contributed by atoms with E-state index in [9.17, 15) is 0 Å². The first kappa shape index (κ1) is 11.7. The minimum atomic E-state index is 0.157. The molecular formula is C12H12ClN3O. The van der Waals surface area contributed by atoms with Crippen LogP contribution in [0.15, 0.2) is 30.6 Å². The first-order chi connectivity index (χ1) is 8.16. The van der Waals surface area contributed by atoms with Crippen LogP contribution in [0.1, 0.15) is 11.3 Å². The fraction of sp³-hybridized carbons (Fsp3) is 0.167. The molecular weight excluding hydrogens is 238 g/mol. The molecule has 5 heteroatoms. The van der Waals surface area contributed by atoms with Crippen LogP contribution in [0.3, 0.4) is 0 Å². The second-order valence-electron chi connectivity index (χ2n) is 3.65. The second kappa shape index (κ2) is 5.01. The number of nitrogens with zero attached hydrogens (tertiary/aromatic N) is 2. The van der Waals surface area contributed by atoms with Crippen molar-refractivity contribution in [1.29, 1.82) is 0 Å². The van der Waals surface area contributed by atoms with Gasteiger partial charge in [-0.2, -0.15) is 0 Å². The highest BCUT2D eigenvalue weighted by Gasteiger charge is 2.04. The SMILES string of the molecule is Cc1ccnc(Cl)c1NCc1ccc(O)cn1. The van der Waals surface area contributed by atoms with Crippen LogP contribution in [0.4, 0.5) is 5.69 Å². The average molecular weight is 250 g/mol. The van der Waals surface area contributed by atoms with Crippen LogP contribution in [0.2, 0.25) is 5.15 Å². The van der Waals surface area contributed by atoms with Gasteiger partial charge in [-0.25, -0.2) is 4.98 Å². The third-order valence-corrected chi connectivity index (χ3v) is 2.66. The van der Waals surface area contributed by atoms with Crippen molar-refractivity contribution < 1.29 is 5.11 Å². The molecule has 0 aliphatic carbocycles. The fourth-order valence-electron chi connectivity index (χ4n) is 1.44. The van der Waals surface area contributed by atoms with E-state index >= 15 is 0 Å². The molecule has 2 aromatic rings. The van der Waals surface area contributed by atoms with Gasteiger partial charge in [0.25, 0.3) is 0 Å². The molecule has 0 atom stereocenters. The molecule has 4 nitrogen and oxygen atoms in total. The molecule has 17 heavy (non-hydrogen) atoms. The first-order valence-electron chi connectivity index (χ1n) is 5.15. The Morgan fingerprint density at radius 1 is 1.29 bits per heavy atom. The molecule has 0 amide bonds. The van der Waals surface area contributed by atoms with Gasteiger partial charge in [-0.3, -0.25) is 4.98 Å². The maximum absolute atomic E-state index is 9.12. The lowest BCUT2D eigenvalue weighted by Gasteiger charge is -2.10. The highest BCUT2D eigenvalue weighted by Crippen LogP contribution is 2.23. The van der Waals surface area contributed by atoms with E-state index < -0.39 is 0 Å². The molecule has 0 bridgehead atoms. The Morgan fingerprint density at radius 3 is 2.76 bits per heavy atom. The molecule has 0 unspecified atom stereocenters. The summed E-state index contributed by atoms with van der Waals surface area (Å²) in [5.41, 5.74) is 2.66. The number of halogens is 1. The van der Waals surface area contributed by atoms with E-state index in [0.717, 1.165) is 16.9 Å². The zero-order chi connectivity index (χ0) is 12.3. The summed E-state index contributed by atoms with van der Waals surface area (Å²) >= 11 is 5.99. The summed E-state index contributed by atoms with van der Waals surface area (Å²) in [4.78, 5) is 8.09. The van der Waals surface area contributed by atoms with Crippen molar-refractivity contribution >= 4 is 17.3 Å². The van der Waals surface area contributed by atoms with Gasteiger partial charge in [-0.05, 0) is 30.7 Å². The molecule has 2 heterocycles. The maximum atomic E-state index is 9.12. The van der Waals surface area contributed by atoms with Crippen LogP contribution >= 0.6 is 11.6 Å². The molecule has 0 fully saturated rings. The zero-order valence-corrected chi connectivity index (χ0v) is 10.1. The molecule has 0 aromatic carbocycles. The number of aromatic hydroxyl groups is 1. The van der Waals surface area contributed by atoms with Crippen LogP contribution < -0.4 is 5.32 Å². The normalized spacial score (nSPS) is 10.2. The van der Waals surface area contributed by atoms with Crippen molar-refractivity contribution in [2.24, 2.45) is 0 Å². The lowest BCUT2D eigenvalue weighted by Crippen LogP contribution is -2.03. The smallest absolute Gasteiger partial charge is 0.152 e. The Morgan fingerprint density at radius 2 is 2.12 bits per heavy atom.